The van der Waals surface area contributed by atoms with Crippen molar-refractivity contribution in [1.29, 1.82) is 0 Å². The lowest BCUT2D eigenvalue weighted by Gasteiger charge is -2.45. The van der Waals surface area contributed by atoms with Gasteiger partial charge >= 0.3 is 0 Å². The molecule has 4 nitrogen and oxygen atoms in total. The van der Waals surface area contributed by atoms with Crippen molar-refractivity contribution in [2.24, 2.45) is 17.3 Å². The van der Waals surface area contributed by atoms with Gasteiger partial charge in [-0.15, -0.1) is 0 Å². The minimum atomic E-state index is -0.0927. The van der Waals surface area contributed by atoms with Gasteiger partial charge in [-0.1, -0.05) is 36.2 Å². The summed E-state index contributed by atoms with van der Waals surface area (Å²) in [5, 5.41) is 4.35. The van der Waals surface area contributed by atoms with Crippen LogP contribution in [-0.2, 0) is 21.0 Å². The third-order valence-corrected chi connectivity index (χ3v) is 7.44. The molecule has 1 saturated carbocycles. The highest BCUT2D eigenvalue weighted by molar-refractivity contribution is 6.35. The second-order valence-electron chi connectivity index (χ2n) is 8.39. The fourth-order valence-electron chi connectivity index (χ4n) is 4.97. The number of amides is 1. The zero-order valence-corrected chi connectivity index (χ0v) is 16.5. The summed E-state index contributed by atoms with van der Waals surface area (Å²) in [6.45, 7) is 3.77. The minimum Gasteiger partial charge on any atom is -0.356 e. The molecule has 2 unspecified atom stereocenters. The van der Waals surface area contributed by atoms with Gasteiger partial charge in [0.1, 0.15) is 5.60 Å². The molecule has 1 aromatic carbocycles. The SMILES string of the molecule is CC1(C2CNC(=O)C2Cc2ccc(Cl)cc2Cl)CCC2(CCOO2)CC1. The van der Waals surface area contributed by atoms with Crippen molar-refractivity contribution in [2.45, 2.75) is 51.0 Å². The van der Waals surface area contributed by atoms with E-state index in [0.29, 0.717) is 29.0 Å². The highest BCUT2D eigenvalue weighted by atomic mass is 35.5. The maximum atomic E-state index is 12.6. The molecular weight excluding hydrogens is 373 g/mol. The van der Waals surface area contributed by atoms with Crippen molar-refractivity contribution in [1.82, 2.24) is 5.32 Å². The standard InChI is InChI=1S/C20H25Cl2NO3/c1-19(4-6-20(7-5-19)8-9-25-26-20)16-12-23-18(24)15(16)10-13-2-3-14(21)11-17(13)22/h2-3,11,15-16H,4-10,12H2,1H3,(H,23,24). The van der Waals surface area contributed by atoms with Gasteiger partial charge in [0.15, 0.2) is 0 Å². The normalized spacial score (nSPS) is 37.3. The first-order valence-corrected chi connectivity index (χ1v) is 10.2. The first-order valence-electron chi connectivity index (χ1n) is 9.43. The summed E-state index contributed by atoms with van der Waals surface area (Å²) >= 11 is 12.4. The second kappa shape index (κ2) is 6.97. The number of rotatable bonds is 3. The van der Waals surface area contributed by atoms with Crippen LogP contribution in [0.2, 0.25) is 10.0 Å². The van der Waals surface area contributed by atoms with Gasteiger partial charge in [0.05, 0.1) is 6.61 Å². The lowest BCUT2D eigenvalue weighted by Crippen LogP contribution is -2.43. The molecule has 0 bridgehead atoms. The smallest absolute Gasteiger partial charge is 0.223 e. The van der Waals surface area contributed by atoms with Gasteiger partial charge in [-0.25, -0.2) is 9.78 Å². The van der Waals surface area contributed by atoms with Gasteiger partial charge < -0.3 is 5.32 Å². The number of carbonyl (C=O) groups excluding carboxylic acids is 1. The summed E-state index contributed by atoms with van der Waals surface area (Å²) in [5.41, 5.74) is 1.02. The molecule has 6 heteroatoms. The van der Waals surface area contributed by atoms with Crippen LogP contribution >= 0.6 is 23.2 Å². The van der Waals surface area contributed by atoms with Crippen LogP contribution in [0, 0.1) is 17.3 Å². The van der Waals surface area contributed by atoms with E-state index in [4.69, 9.17) is 33.0 Å². The first-order chi connectivity index (χ1) is 12.4. The molecule has 0 aromatic heterocycles. The lowest BCUT2D eigenvalue weighted by molar-refractivity contribution is -0.318. The molecule has 1 amide bonds. The molecule has 2 saturated heterocycles. The van der Waals surface area contributed by atoms with Gasteiger partial charge in [0, 0.05) is 28.9 Å². The van der Waals surface area contributed by atoms with E-state index < -0.39 is 0 Å². The fraction of sp³-hybridized carbons (Fsp3) is 0.650. The number of halogens is 2. The van der Waals surface area contributed by atoms with Gasteiger partial charge in [-0.05, 0) is 61.1 Å². The molecule has 2 atom stereocenters. The number of benzene rings is 1. The van der Waals surface area contributed by atoms with Crippen LogP contribution in [-0.4, -0.2) is 24.7 Å². The molecule has 1 aromatic rings. The monoisotopic (exact) mass is 397 g/mol. The van der Waals surface area contributed by atoms with E-state index in [1.54, 1.807) is 6.07 Å². The molecule has 3 aliphatic rings. The van der Waals surface area contributed by atoms with Crippen LogP contribution in [0.5, 0.6) is 0 Å². The summed E-state index contributed by atoms with van der Waals surface area (Å²) < 4.78 is 0. The predicted octanol–water partition coefficient (Wildman–Crippen LogP) is 4.57. The number of hydrogen-bond donors (Lipinski definition) is 1. The summed E-state index contributed by atoms with van der Waals surface area (Å²) in [4.78, 5) is 23.4. The molecule has 0 radical (unpaired) electrons. The van der Waals surface area contributed by atoms with E-state index in [9.17, 15) is 4.79 Å². The van der Waals surface area contributed by atoms with Crippen molar-refractivity contribution < 1.29 is 14.6 Å². The summed E-state index contributed by atoms with van der Waals surface area (Å²) in [6, 6.07) is 5.53. The Morgan fingerprint density at radius 1 is 1.19 bits per heavy atom. The third kappa shape index (κ3) is 3.37. The van der Waals surface area contributed by atoms with E-state index >= 15 is 0 Å². The Balaban J connectivity index is 1.50. The Morgan fingerprint density at radius 2 is 1.96 bits per heavy atom. The largest absolute Gasteiger partial charge is 0.356 e. The van der Waals surface area contributed by atoms with Crippen LogP contribution in [0.4, 0.5) is 0 Å². The highest BCUT2D eigenvalue weighted by Gasteiger charge is 2.51. The second-order valence-corrected chi connectivity index (χ2v) is 9.23. The lowest BCUT2D eigenvalue weighted by atomic mass is 9.60. The average Bonchev–Trinajstić information content (AvgIpc) is 3.22. The molecule has 142 valence electrons. The van der Waals surface area contributed by atoms with Gasteiger partial charge in [-0.3, -0.25) is 4.79 Å². The highest BCUT2D eigenvalue weighted by Crippen LogP contribution is 2.52. The zero-order chi connectivity index (χ0) is 18.4. The Labute approximate surface area is 164 Å². The van der Waals surface area contributed by atoms with Crippen LogP contribution in [0.3, 0.4) is 0 Å². The molecule has 1 aliphatic carbocycles. The van der Waals surface area contributed by atoms with E-state index in [1.807, 2.05) is 12.1 Å². The van der Waals surface area contributed by atoms with Crippen LogP contribution in [0.1, 0.15) is 44.6 Å². The van der Waals surface area contributed by atoms with Crippen LogP contribution in [0.15, 0.2) is 18.2 Å². The summed E-state index contributed by atoms with van der Waals surface area (Å²) in [6.07, 6.45) is 5.76. The van der Waals surface area contributed by atoms with Crippen LogP contribution in [0.25, 0.3) is 0 Å². The van der Waals surface area contributed by atoms with E-state index in [-0.39, 0.29) is 22.8 Å². The zero-order valence-electron chi connectivity index (χ0n) is 15.0. The molecule has 26 heavy (non-hydrogen) atoms. The number of nitrogens with one attached hydrogen (secondary N) is 1. The first kappa shape index (κ1) is 18.5. The average molecular weight is 398 g/mol. The Kier molecular flexibility index (Phi) is 4.98. The van der Waals surface area contributed by atoms with Gasteiger partial charge in [-0.2, -0.15) is 0 Å². The van der Waals surface area contributed by atoms with E-state index in [2.05, 4.69) is 12.2 Å². The van der Waals surface area contributed by atoms with Crippen molar-refractivity contribution in [3.63, 3.8) is 0 Å². The molecule has 2 heterocycles. The summed E-state index contributed by atoms with van der Waals surface area (Å²) in [5.74, 6) is 0.401. The minimum absolute atomic E-state index is 0.0477. The Bertz CT molecular complexity index is 692. The number of carbonyl (C=O) groups is 1. The molecule has 2 aliphatic heterocycles. The van der Waals surface area contributed by atoms with Gasteiger partial charge in [0.25, 0.3) is 0 Å². The van der Waals surface area contributed by atoms with Gasteiger partial charge in [0.2, 0.25) is 5.91 Å². The molecular formula is C20H25Cl2NO3. The van der Waals surface area contributed by atoms with Crippen molar-refractivity contribution in [2.75, 3.05) is 13.2 Å². The van der Waals surface area contributed by atoms with Crippen molar-refractivity contribution >= 4 is 29.1 Å². The molecule has 3 fully saturated rings. The Morgan fingerprint density at radius 3 is 2.62 bits per heavy atom. The molecule has 4 rings (SSSR count). The fourth-order valence-corrected chi connectivity index (χ4v) is 5.46. The van der Waals surface area contributed by atoms with Crippen molar-refractivity contribution in [3.05, 3.63) is 33.8 Å². The Hall–Kier alpha value is -0.810. The van der Waals surface area contributed by atoms with E-state index in [0.717, 1.165) is 44.2 Å². The van der Waals surface area contributed by atoms with E-state index in [1.165, 1.54) is 0 Å². The topological polar surface area (TPSA) is 47.6 Å². The maximum Gasteiger partial charge on any atom is 0.223 e. The van der Waals surface area contributed by atoms with Crippen LogP contribution < -0.4 is 5.32 Å². The summed E-state index contributed by atoms with van der Waals surface area (Å²) in [7, 11) is 0. The molecule has 1 spiro atoms. The predicted molar refractivity (Wildman–Crippen MR) is 101 cm³/mol. The maximum absolute atomic E-state index is 12.6. The quantitative estimate of drug-likeness (QED) is 0.759. The third-order valence-electron chi connectivity index (χ3n) is 6.85. The number of hydrogen-bond acceptors (Lipinski definition) is 3. The van der Waals surface area contributed by atoms with Crippen molar-refractivity contribution in [3.8, 4) is 0 Å². The molecule has 1 N–H and O–H groups in total.